The molecule has 4 heteroatoms. The largest absolute Gasteiger partial charge is 0.288 e. The Morgan fingerprint density at radius 1 is 1.00 bits per heavy atom. The molecule has 0 radical (unpaired) electrons. The molecule has 0 aliphatic carbocycles. The molecule has 0 fully saturated rings. The van der Waals surface area contributed by atoms with Crippen LogP contribution >= 0.6 is 15.9 Å². The molecule has 3 aromatic rings. The number of fused-ring (bicyclic) bond motifs is 1. The van der Waals surface area contributed by atoms with Gasteiger partial charge in [-0.15, -0.1) is 0 Å². The summed E-state index contributed by atoms with van der Waals surface area (Å²) >= 11 is 3.44. The van der Waals surface area contributed by atoms with Crippen LogP contribution in [0.5, 0.6) is 0 Å². The van der Waals surface area contributed by atoms with Crippen molar-refractivity contribution >= 4 is 26.8 Å². The van der Waals surface area contributed by atoms with Crippen LogP contribution in [0.2, 0.25) is 0 Å². The summed E-state index contributed by atoms with van der Waals surface area (Å²) in [5, 5.41) is 0.850. The zero-order valence-corrected chi connectivity index (χ0v) is 11.5. The van der Waals surface area contributed by atoms with Gasteiger partial charge in [-0.1, -0.05) is 46.3 Å². The summed E-state index contributed by atoms with van der Waals surface area (Å²) in [5.74, 6) is 0. The maximum Gasteiger partial charge on any atom is 0.288 e. The zero-order valence-electron chi connectivity index (χ0n) is 9.88. The topological polar surface area (TPSA) is 42.9 Å². The number of rotatable bonds is 1. The molecule has 0 saturated carbocycles. The Kier molecular flexibility index (Phi) is 3.09. The van der Waals surface area contributed by atoms with Crippen LogP contribution in [0.15, 0.2) is 64.0 Å². The molecule has 3 nitrogen and oxygen atoms in total. The standard InChI is InChI=1S/C15H9BrN2O/c16-11-6-7-13-12(8-11)15(17-9-14(19)18-13)10-4-2-1-3-5-10/h1-9H. The highest BCUT2D eigenvalue weighted by molar-refractivity contribution is 9.10. The lowest BCUT2D eigenvalue weighted by Gasteiger charge is -2.01. The van der Waals surface area contributed by atoms with Gasteiger partial charge in [-0.3, -0.25) is 4.79 Å². The molecule has 0 saturated heterocycles. The van der Waals surface area contributed by atoms with E-state index in [1.807, 2.05) is 48.5 Å². The highest BCUT2D eigenvalue weighted by Crippen LogP contribution is 2.26. The molecule has 0 aliphatic rings. The van der Waals surface area contributed by atoms with Crippen molar-refractivity contribution in [2.75, 3.05) is 0 Å². The molecule has 19 heavy (non-hydrogen) atoms. The summed E-state index contributed by atoms with van der Waals surface area (Å²) in [5.41, 5.74) is 2.02. The first-order valence-electron chi connectivity index (χ1n) is 5.76. The molecule has 0 spiro atoms. The van der Waals surface area contributed by atoms with E-state index in [1.165, 1.54) is 6.20 Å². The third kappa shape index (κ3) is 2.39. The van der Waals surface area contributed by atoms with Crippen LogP contribution in [0, 0.1) is 0 Å². The van der Waals surface area contributed by atoms with Gasteiger partial charge in [0.1, 0.15) is 0 Å². The maximum absolute atomic E-state index is 11.6. The minimum Gasteiger partial charge on any atom is -0.266 e. The third-order valence-corrected chi connectivity index (χ3v) is 3.29. The Morgan fingerprint density at radius 2 is 1.79 bits per heavy atom. The Morgan fingerprint density at radius 3 is 2.58 bits per heavy atom. The Balaban J connectivity index is 2.45. The average molecular weight is 313 g/mol. The fraction of sp³-hybridized carbons (Fsp3) is 0. The number of benzene rings is 2. The molecule has 92 valence electrons. The minimum atomic E-state index is -0.338. The predicted molar refractivity (Wildman–Crippen MR) is 78.9 cm³/mol. The second-order valence-electron chi connectivity index (χ2n) is 4.08. The van der Waals surface area contributed by atoms with Gasteiger partial charge in [-0.2, -0.15) is 0 Å². The quantitative estimate of drug-likeness (QED) is 0.691. The summed E-state index contributed by atoms with van der Waals surface area (Å²) in [6, 6.07) is 15.4. The lowest BCUT2D eigenvalue weighted by molar-refractivity contribution is 1.26. The molecule has 0 bridgehead atoms. The van der Waals surface area contributed by atoms with E-state index >= 15 is 0 Å². The van der Waals surface area contributed by atoms with Gasteiger partial charge in [0, 0.05) is 15.4 Å². The fourth-order valence-corrected chi connectivity index (χ4v) is 2.32. The van der Waals surface area contributed by atoms with Crippen LogP contribution in [-0.4, -0.2) is 9.97 Å². The van der Waals surface area contributed by atoms with Gasteiger partial charge >= 0.3 is 0 Å². The number of aromatic nitrogens is 2. The number of nitrogens with zero attached hydrogens (tertiary/aromatic N) is 2. The SMILES string of the molecule is O=c1cnc(-c2ccccc2)c2cc(Br)ccc2n1. The third-order valence-electron chi connectivity index (χ3n) is 2.80. The van der Waals surface area contributed by atoms with Crippen molar-refractivity contribution in [2.24, 2.45) is 0 Å². The monoisotopic (exact) mass is 312 g/mol. The van der Waals surface area contributed by atoms with E-state index in [0.717, 1.165) is 21.1 Å². The first-order valence-corrected chi connectivity index (χ1v) is 6.55. The Hall–Kier alpha value is -2.07. The van der Waals surface area contributed by atoms with E-state index in [9.17, 15) is 4.79 Å². The van der Waals surface area contributed by atoms with Gasteiger partial charge in [0.05, 0.1) is 17.4 Å². The molecule has 0 atom stereocenters. The van der Waals surface area contributed by atoms with Gasteiger partial charge in [-0.05, 0) is 18.2 Å². The van der Waals surface area contributed by atoms with Crippen molar-refractivity contribution in [3.05, 3.63) is 69.6 Å². The molecule has 1 aromatic heterocycles. The van der Waals surface area contributed by atoms with Crippen LogP contribution in [0.4, 0.5) is 0 Å². The number of hydrogen-bond acceptors (Lipinski definition) is 3. The highest BCUT2D eigenvalue weighted by Gasteiger charge is 2.06. The molecule has 2 aromatic carbocycles. The molecule has 0 amide bonds. The van der Waals surface area contributed by atoms with E-state index in [-0.39, 0.29) is 5.56 Å². The van der Waals surface area contributed by atoms with E-state index in [1.54, 1.807) is 0 Å². The molecule has 1 heterocycles. The minimum absolute atomic E-state index is 0.338. The van der Waals surface area contributed by atoms with Gasteiger partial charge in [-0.25, -0.2) is 9.97 Å². The summed E-state index contributed by atoms with van der Waals surface area (Å²) < 4.78 is 0.930. The predicted octanol–water partition coefficient (Wildman–Crippen LogP) is 3.42. The molecule has 0 N–H and O–H groups in total. The van der Waals surface area contributed by atoms with Crippen LogP contribution in [-0.2, 0) is 0 Å². The number of halogens is 1. The summed E-state index contributed by atoms with van der Waals surface area (Å²) in [6.45, 7) is 0. The Labute approximate surface area is 118 Å². The average Bonchev–Trinajstić information content (AvgIpc) is 2.58. The molecule has 3 rings (SSSR count). The lowest BCUT2D eigenvalue weighted by atomic mass is 10.1. The van der Waals surface area contributed by atoms with Gasteiger partial charge in [0.2, 0.25) is 0 Å². The Bertz CT molecular complexity index is 803. The van der Waals surface area contributed by atoms with Crippen molar-refractivity contribution in [3.63, 3.8) is 0 Å². The van der Waals surface area contributed by atoms with Crippen LogP contribution in [0.25, 0.3) is 22.2 Å². The van der Waals surface area contributed by atoms with Crippen molar-refractivity contribution < 1.29 is 0 Å². The highest BCUT2D eigenvalue weighted by atomic mass is 79.9. The van der Waals surface area contributed by atoms with Gasteiger partial charge < -0.3 is 0 Å². The lowest BCUT2D eigenvalue weighted by Crippen LogP contribution is -1.98. The number of hydrogen-bond donors (Lipinski definition) is 0. The molecular weight excluding hydrogens is 304 g/mol. The van der Waals surface area contributed by atoms with Crippen molar-refractivity contribution in [1.29, 1.82) is 0 Å². The second kappa shape index (κ2) is 4.90. The van der Waals surface area contributed by atoms with Crippen molar-refractivity contribution in [3.8, 4) is 11.3 Å². The van der Waals surface area contributed by atoms with E-state index in [0.29, 0.717) is 5.52 Å². The van der Waals surface area contributed by atoms with E-state index < -0.39 is 0 Å². The van der Waals surface area contributed by atoms with Crippen molar-refractivity contribution in [2.45, 2.75) is 0 Å². The van der Waals surface area contributed by atoms with Crippen LogP contribution in [0.1, 0.15) is 0 Å². The normalized spacial score (nSPS) is 10.6. The molecule has 0 aliphatic heterocycles. The van der Waals surface area contributed by atoms with Crippen LogP contribution in [0.3, 0.4) is 0 Å². The first kappa shape index (κ1) is 12.0. The second-order valence-corrected chi connectivity index (χ2v) is 5.00. The summed E-state index contributed by atoms with van der Waals surface area (Å²) in [4.78, 5) is 19.9. The molecule has 0 unspecified atom stereocenters. The molecular formula is C15H9BrN2O. The fourth-order valence-electron chi connectivity index (χ4n) is 1.96. The van der Waals surface area contributed by atoms with Gasteiger partial charge in [0.25, 0.3) is 5.56 Å². The maximum atomic E-state index is 11.6. The summed E-state index contributed by atoms with van der Waals surface area (Å²) in [7, 11) is 0. The van der Waals surface area contributed by atoms with Crippen molar-refractivity contribution in [1.82, 2.24) is 9.97 Å². The van der Waals surface area contributed by atoms with E-state index in [4.69, 9.17) is 0 Å². The van der Waals surface area contributed by atoms with Crippen LogP contribution < -0.4 is 5.56 Å². The summed E-state index contributed by atoms with van der Waals surface area (Å²) in [6.07, 6.45) is 1.26. The van der Waals surface area contributed by atoms with E-state index in [2.05, 4.69) is 25.9 Å². The van der Waals surface area contributed by atoms with Gasteiger partial charge in [0.15, 0.2) is 0 Å². The zero-order chi connectivity index (χ0) is 13.2. The smallest absolute Gasteiger partial charge is 0.266 e. The first-order chi connectivity index (χ1) is 9.24.